The summed E-state index contributed by atoms with van der Waals surface area (Å²) in [5.74, 6) is -1.20. The Morgan fingerprint density at radius 3 is 2.36 bits per heavy atom. The number of carboxylic acid groups (broad SMARTS) is 1. The molecular formula is C7H12ClNO2. The summed E-state index contributed by atoms with van der Waals surface area (Å²) in [6, 6.07) is -0.218. The Labute approximate surface area is 71.7 Å². The van der Waals surface area contributed by atoms with Gasteiger partial charge in [-0.25, -0.2) is 0 Å². The van der Waals surface area contributed by atoms with Crippen LogP contribution in [-0.2, 0) is 4.79 Å². The molecule has 0 aliphatic heterocycles. The Hall–Kier alpha value is -0.540. The van der Waals surface area contributed by atoms with E-state index in [1.165, 1.54) is 0 Å². The fourth-order valence-corrected chi connectivity index (χ4v) is 1.29. The molecule has 0 unspecified atom stereocenters. The molecule has 0 saturated heterocycles. The van der Waals surface area contributed by atoms with E-state index in [0.717, 1.165) is 5.57 Å². The van der Waals surface area contributed by atoms with Gasteiger partial charge in [-0.05, 0) is 12.8 Å². The predicted molar refractivity (Wildman–Crippen MR) is 44.7 cm³/mol. The number of hydrogen-bond donors (Lipinski definition) is 2. The molecule has 3 nitrogen and oxygen atoms in total. The molecule has 1 aliphatic rings. The van der Waals surface area contributed by atoms with E-state index in [-0.39, 0.29) is 18.4 Å². The molecule has 0 spiro atoms. The number of hydrogen-bond acceptors (Lipinski definition) is 2. The van der Waals surface area contributed by atoms with Gasteiger partial charge in [0.25, 0.3) is 0 Å². The number of aliphatic carboxylic acids is 1. The topological polar surface area (TPSA) is 63.3 Å². The van der Waals surface area contributed by atoms with Gasteiger partial charge in [0.1, 0.15) is 0 Å². The molecular weight excluding hydrogens is 166 g/mol. The van der Waals surface area contributed by atoms with Crippen LogP contribution in [0.15, 0.2) is 12.2 Å². The zero-order valence-corrected chi connectivity index (χ0v) is 6.93. The largest absolute Gasteiger partial charge is 0.481 e. The average molecular weight is 178 g/mol. The first-order valence-corrected chi connectivity index (χ1v) is 3.26. The van der Waals surface area contributed by atoms with Crippen LogP contribution >= 0.6 is 12.4 Å². The van der Waals surface area contributed by atoms with E-state index < -0.39 is 11.9 Å². The second kappa shape index (κ2) is 3.74. The third kappa shape index (κ3) is 2.20. The third-order valence-electron chi connectivity index (χ3n) is 1.87. The lowest BCUT2D eigenvalue weighted by atomic mass is 10.1. The van der Waals surface area contributed by atoms with Crippen molar-refractivity contribution < 1.29 is 9.90 Å². The van der Waals surface area contributed by atoms with Gasteiger partial charge in [-0.1, -0.05) is 12.2 Å². The Morgan fingerprint density at radius 2 is 2.18 bits per heavy atom. The highest BCUT2D eigenvalue weighted by Gasteiger charge is 2.31. The summed E-state index contributed by atoms with van der Waals surface area (Å²) in [7, 11) is 0. The van der Waals surface area contributed by atoms with Crippen molar-refractivity contribution in [3.05, 3.63) is 12.2 Å². The van der Waals surface area contributed by atoms with Crippen LogP contribution in [0.4, 0.5) is 0 Å². The molecule has 64 valence electrons. The maximum atomic E-state index is 10.4. The van der Waals surface area contributed by atoms with Crippen LogP contribution in [0.25, 0.3) is 0 Å². The van der Waals surface area contributed by atoms with E-state index in [4.69, 9.17) is 10.8 Å². The number of carbonyl (C=O) groups is 1. The summed E-state index contributed by atoms with van der Waals surface area (Å²) in [6.45, 7) is 3.69. The molecule has 4 heteroatoms. The van der Waals surface area contributed by atoms with Crippen LogP contribution in [0.5, 0.6) is 0 Å². The molecule has 0 aromatic rings. The van der Waals surface area contributed by atoms with Crippen LogP contribution in [0.2, 0.25) is 0 Å². The van der Waals surface area contributed by atoms with Gasteiger partial charge in [0.15, 0.2) is 0 Å². The van der Waals surface area contributed by atoms with Crippen molar-refractivity contribution in [1.29, 1.82) is 0 Å². The van der Waals surface area contributed by atoms with E-state index in [0.29, 0.717) is 12.8 Å². The minimum Gasteiger partial charge on any atom is -0.481 e. The molecule has 0 aromatic carbocycles. The van der Waals surface area contributed by atoms with E-state index in [1.807, 2.05) is 0 Å². The lowest BCUT2D eigenvalue weighted by molar-refractivity contribution is -0.141. The fraction of sp³-hybridized carbons (Fsp3) is 0.571. The van der Waals surface area contributed by atoms with Gasteiger partial charge >= 0.3 is 5.97 Å². The van der Waals surface area contributed by atoms with Gasteiger partial charge < -0.3 is 10.8 Å². The molecule has 3 N–H and O–H groups in total. The first kappa shape index (κ1) is 10.5. The van der Waals surface area contributed by atoms with Gasteiger partial charge in [-0.15, -0.1) is 12.4 Å². The predicted octanol–water partition coefficient (Wildman–Crippen LogP) is 0.786. The Kier molecular flexibility index (Phi) is 3.55. The molecule has 1 rings (SSSR count). The monoisotopic (exact) mass is 177 g/mol. The highest BCUT2D eigenvalue weighted by atomic mass is 35.5. The first-order valence-electron chi connectivity index (χ1n) is 3.26. The summed E-state index contributed by atoms with van der Waals surface area (Å²) in [6.07, 6.45) is 1.22. The van der Waals surface area contributed by atoms with Crippen molar-refractivity contribution in [2.24, 2.45) is 11.7 Å². The standard InChI is InChI=1S/C7H11NO2.ClH/c1-4-2-5(7(9)10)6(8)3-4;/h5-6H,1-3,8H2,(H,9,10);1H/t5-,6-;/m0./s1. The van der Waals surface area contributed by atoms with E-state index in [1.54, 1.807) is 0 Å². The van der Waals surface area contributed by atoms with Crippen molar-refractivity contribution in [1.82, 2.24) is 0 Å². The Bertz CT molecular complexity index is 181. The maximum absolute atomic E-state index is 10.4. The molecule has 0 bridgehead atoms. The second-order valence-corrected chi connectivity index (χ2v) is 2.77. The van der Waals surface area contributed by atoms with E-state index >= 15 is 0 Å². The van der Waals surface area contributed by atoms with Crippen molar-refractivity contribution in [2.75, 3.05) is 0 Å². The lowest BCUT2D eigenvalue weighted by Crippen LogP contribution is -2.30. The number of carboxylic acids is 1. The van der Waals surface area contributed by atoms with Gasteiger partial charge in [0.05, 0.1) is 5.92 Å². The summed E-state index contributed by atoms with van der Waals surface area (Å²) in [5.41, 5.74) is 6.49. The van der Waals surface area contributed by atoms with Gasteiger partial charge in [0.2, 0.25) is 0 Å². The van der Waals surface area contributed by atoms with Crippen molar-refractivity contribution in [3.63, 3.8) is 0 Å². The normalized spacial score (nSPS) is 29.7. The van der Waals surface area contributed by atoms with Crippen LogP contribution in [0.3, 0.4) is 0 Å². The van der Waals surface area contributed by atoms with Crippen LogP contribution in [0.1, 0.15) is 12.8 Å². The quantitative estimate of drug-likeness (QED) is 0.582. The van der Waals surface area contributed by atoms with Crippen molar-refractivity contribution >= 4 is 18.4 Å². The van der Waals surface area contributed by atoms with E-state index in [2.05, 4.69) is 6.58 Å². The maximum Gasteiger partial charge on any atom is 0.308 e. The Morgan fingerprint density at radius 1 is 1.64 bits per heavy atom. The molecule has 0 aromatic heterocycles. The highest BCUT2D eigenvalue weighted by Crippen LogP contribution is 2.27. The molecule has 1 saturated carbocycles. The SMILES string of the molecule is C=C1C[C@H](C(=O)O)[C@@H](N)C1.Cl. The molecule has 1 fully saturated rings. The zero-order valence-electron chi connectivity index (χ0n) is 6.12. The van der Waals surface area contributed by atoms with Crippen molar-refractivity contribution in [2.45, 2.75) is 18.9 Å². The number of halogens is 1. The summed E-state index contributed by atoms with van der Waals surface area (Å²) < 4.78 is 0. The summed E-state index contributed by atoms with van der Waals surface area (Å²) >= 11 is 0. The fourth-order valence-electron chi connectivity index (χ4n) is 1.29. The van der Waals surface area contributed by atoms with Crippen LogP contribution in [-0.4, -0.2) is 17.1 Å². The van der Waals surface area contributed by atoms with Crippen LogP contribution in [0, 0.1) is 5.92 Å². The molecule has 2 atom stereocenters. The van der Waals surface area contributed by atoms with Gasteiger partial charge in [0, 0.05) is 6.04 Å². The minimum atomic E-state index is -0.800. The Balaban J connectivity index is 0.000001000. The molecule has 1 aliphatic carbocycles. The minimum absolute atomic E-state index is 0. The molecule has 0 amide bonds. The average Bonchev–Trinajstić information content (AvgIpc) is 2.10. The lowest BCUT2D eigenvalue weighted by Gasteiger charge is -2.07. The zero-order chi connectivity index (χ0) is 7.72. The molecule has 0 heterocycles. The van der Waals surface area contributed by atoms with Crippen molar-refractivity contribution in [3.8, 4) is 0 Å². The smallest absolute Gasteiger partial charge is 0.308 e. The number of rotatable bonds is 1. The number of nitrogens with two attached hydrogens (primary N) is 1. The molecule has 0 radical (unpaired) electrons. The highest BCUT2D eigenvalue weighted by molar-refractivity contribution is 5.85. The van der Waals surface area contributed by atoms with Crippen LogP contribution < -0.4 is 5.73 Å². The first-order chi connectivity index (χ1) is 4.61. The summed E-state index contributed by atoms with van der Waals surface area (Å²) in [4.78, 5) is 10.4. The summed E-state index contributed by atoms with van der Waals surface area (Å²) in [5, 5.41) is 8.58. The third-order valence-corrected chi connectivity index (χ3v) is 1.87. The van der Waals surface area contributed by atoms with Gasteiger partial charge in [-0.3, -0.25) is 4.79 Å². The molecule has 11 heavy (non-hydrogen) atoms. The van der Waals surface area contributed by atoms with Gasteiger partial charge in [-0.2, -0.15) is 0 Å². The second-order valence-electron chi connectivity index (χ2n) is 2.77. The van der Waals surface area contributed by atoms with E-state index in [9.17, 15) is 4.79 Å².